The van der Waals surface area contributed by atoms with Gasteiger partial charge in [-0.1, -0.05) is 69.2 Å². The Kier molecular flexibility index (Phi) is 5.98. The number of hydrogen-bond donors (Lipinski definition) is 1. The number of halogens is 1. The number of aryl methyl sites for hydroxylation is 1. The van der Waals surface area contributed by atoms with Crippen LogP contribution in [0.3, 0.4) is 0 Å². The lowest BCUT2D eigenvalue weighted by molar-refractivity contribution is 0.118. The Morgan fingerprint density at radius 3 is 2.57 bits per heavy atom. The van der Waals surface area contributed by atoms with E-state index in [9.17, 15) is 9.90 Å². The van der Waals surface area contributed by atoms with Gasteiger partial charge in [0, 0.05) is 17.0 Å². The maximum absolute atomic E-state index is 13.2. The number of anilines is 1. The minimum atomic E-state index is -1.04. The summed E-state index contributed by atoms with van der Waals surface area (Å²) >= 11 is 7.52. The zero-order valence-corrected chi connectivity index (χ0v) is 18.5. The predicted octanol–water partition coefficient (Wildman–Crippen LogP) is 4.90. The third kappa shape index (κ3) is 3.88. The van der Waals surface area contributed by atoms with Crippen molar-refractivity contribution in [3.05, 3.63) is 39.4 Å². The van der Waals surface area contributed by atoms with Gasteiger partial charge in [-0.3, -0.25) is 0 Å². The molecule has 152 valence electrons. The van der Waals surface area contributed by atoms with Gasteiger partial charge in [-0.25, -0.2) is 9.69 Å². The number of nitrogens with zero attached hydrogens (tertiary/aromatic N) is 4. The Bertz CT molecular complexity index is 864. The highest BCUT2D eigenvalue weighted by molar-refractivity contribution is 7.15. The molecule has 1 aromatic heterocycles. The first-order chi connectivity index (χ1) is 13.1. The van der Waals surface area contributed by atoms with Crippen molar-refractivity contribution >= 4 is 34.1 Å². The highest BCUT2D eigenvalue weighted by Crippen LogP contribution is 2.40. The Labute approximate surface area is 175 Å². The zero-order valence-electron chi connectivity index (χ0n) is 16.9. The van der Waals surface area contributed by atoms with Crippen molar-refractivity contribution in [2.75, 3.05) is 11.4 Å². The van der Waals surface area contributed by atoms with Gasteiger partial charge in [0.25, 0.3) is 0 Å². The van der Waals surface area contributed by atoms with E-state index in [1.165, 1.54) is 16.2 Å². The molecular formula is C20H27ClN4O2S. The van der Waals surface area contributed by atoms with Gasteiger partial charge in [0.05, 0.1) is 0 Å². The van der Waals surface area contributed by atoms with Crippen molar-refractivity contribution in [3.8, 4) is 0 Å². The summed E-state index contributed by atoms with van der Waals surface area (Å²) in [6, 6.07) is 4.91. The van der Waals surface area contributed by atoms with Crippen LogP contribution < -0.4 is 4.90 Å². The van der Waals surface area contributed by atoms with Gasteiger partial charge in [0.15, 0.2) is 6.23 Å². The normalized spacial score (nSPS) is 20.3. The molecule has 2 atom stereocenters. The first-order valence-corrected chi connectivity index (χ1v) is 10.7. The number of aromatic nitrogens is 2. The summed E-state index contributed by atoms with van der Waals surface area (Å²) in [5, 5.41) is 21.5. The Morgan fingerprint density at radius 1 is 1.29 bits per heavy atom. The average Bonchev–Trinajstić information content (AvgIpc) is 3.19. The molecule has 2 heterocycles. The van der Waals surface area contributed by atoms with Crippen LogP contribution in [0.25, 0.3) is 0 Å². The van der Waals surface area contributed by atoms with Crippen molar-refractivity contribution in [3.63, 3.8) is 0 Å². The monoisotopic (exact) mass is 422 g/mol. The summed E-state index contributed by atoms with van der Waals surface area (Å²) in [6.45, 7) is 10.7. The second-order valence-electron chi connectivity index (χ2n) is 8.21. The number of aliphatic hydroxyl groups excluding tert-OH is 1. The van der Waals surface area contributed by atoms with Crippen molar-refractivity contribution in [1.29, 1.82) is 0 Å². The molecule has 2 aromatic rings. The molecule has 0 radical (unpaired) electrons. The van der Waals surface area contributed by atoms with Crippen molar-refractivity contribution in [1.82, 2.24) is 15.1 Å². The fourth-order valence-electron chi connectivity index (χ4n) is 3.25. The minimum absolute atomic E-state index is 0.168. The lowest BCUT2D eigenvalue weighted by atomic mass is 9.98. The number of carbonyl (C=O) groups is 1. The molecule has 1 aliphatic heterocycles. The number of carbonyl (C=O) groups excluding carboxylic acids is 1. The van der Waals surface area contributed by atoms with Gasteiger partial charge < -0.3 is 10.0 Å². The molecule has 0 unspecified atom stereocenters. The molecule has 1 aromatic carbocycles. The molecule has 1 fully saturated rings. The van der Waals surface area contributed by atoms with Gasteiger partial charge in [0.1, 0.15) is 11.0 Å². The van der Waals surface area contributed by atoms with E-state index in [4.69, 9.17) is 11.6 Å². The van der Waals surface area contributed by atoms with Crippen LogP contribution in [-0.4, -0.2) is 39.0 Å². The van der Waals surface area contributed by atoms with Gasteiger partial charge in [-0.15, -0.1) is 10.2 Å². The molecule has 0 bridgehead atoms. The van der Waals surface area contributed by atoms with Gasteiger partial charge >= 0.3 is 6.03 Å². The van der Waals surface area contributed by atoms with Crippen LogP contribution in [0.15, 0.2) is 18.2 Å². The minimum Gasteiger partial charge on any atom is -0.370 e. The smallest absolute Gasteiger partial charge is 0.329 e. The topological polar surface area (TPSA) is 69.6 Å². The quantitative estimate of drug-likeness (QED) is 0.743. The second-order valence-corrected chi connectivity index (χ2v) is 9.57. The number of rotatable bonds is 5. The van der Waals surface area contributed by atoms with Crippen LogP contribution >= 0.6 is 22.9 Å². The van der Waals surface area contributed by atoms with Gasteiger partial charge in [-0.05, 0) is 30.5 Å². The molecule has 0 saturated carbocycles. The summed E-state index contributed by atoms with van der Waals surface area (Å²) in [5.41, 5.74) is 1.61. The van der Waals surface area contributed by atoms with E-state index in [-0.39, 0.29) is 11.4 Å². The second kappa shape index (κ2) is 7.97. The highest BCUT2D eigenvalue weighted by atomic mass is 35.5. The maximum atomic E-state index is 13.2. The third-order valence-corrected chi connectivity index (χ3v) is 6.64. The van der Waals surface area contributed by atoms with Gasteiger partial charge in [0.2, 0.25) is 5.13 Å². The van der Waals surface area contributed by atoms with Crippen LogP contribution in [-0.2, 0) is 5.41 Å². The van der Waals surface area contributed by atoms with Crippen LogP contribution in [0.4, 0.5) is 9.93 Å². The van der Waals surface area contributed by atoms with Crippen LogP contribution in [0, 0.1) is 6.92 Å². The van der Waals surface area contributed by atoms with Crippen LogP contribution in [0.1, 0.15) is 62.7 Å². The highest BCUT2D eigenvalue weighted by Gasteiger charge is 2.47. The molecule has 0 spiro atoms. The van der Waals surface area contributed by atoms with Crippen LogP contribution in [0.5, 0.6) is 0 Å². The van der Waals surface area contributed by atoms with E-state index in [2.05, 4.69) is 17.1 Å². The average molecular weight is 423 g/mol. The molecule has 28 heavy (non-hydrogen) atoms. The Hall–Kier alpha value is -1.70. The number of aliphatic hydroxyl groups is 1. The molecule has 1 saturated heterocycles. The number of hydrogen-bond acceptors (Lipinski definition) is 5. The molecule has 2 amide bonds. The number of urea groups is 1. The summed E-state index contributed by atoms with van der Waals surface area (Å²) in [7, 11) is 0. The standard InChI is InChI=1S/C20H27ClN4O2S/c1-6-7-10-24-15(13-8-9-14(21)12(2)11-13)16(26)25(19(24)27)18-23-22-17(28-18)20(3,4)5/h8-9,11,15-16,26H,6-7,10H2,1-5H3/t15-,16+/m1/s1. The maximum Gasteiger partial charge on any atom is 0.329 e. The van der Waals surface area contributed by atoms with Crippen molar-refractivity contribution < 1.29 is 9.90 Å². The molecule has 6 nitrogen and oxygen atoms in total. The summed E-state index contributed by atoms with van der Waals surface area (Å²) in [4.78, 5) is 16.3. The SMILES string of the molecule is CCCCN1C(=O)N(c2nnc(C(C)(C)C)s2)[C@@H](O)[C@H]1c1ccc(Cl)c(C)c1. The summed E-state index contributed by atoms with van der Waals surface area (Å²) in [6.07, 6.45) is 0.781. The molecular weight excluding hydrogens is 396 g/mol. The van der Waals surface area contributed by atoms with E-state index in [0.29, 0.717) is 16.7 Å². The summed E-state index contributed by atoms with van der Waals surface area (Å²) < 4.78 is 0. The third-order valence-electron chi connectivity index (χ3n) is 4.87. The predicted molar refractivity (Wildman–Crippen MR) is 113 cm³/mol. The van der Waals surface area contributed by atoms with Crippen LogP contribution in [0.2, 0.25) is 5.02 Å². The Balaban J connectivity index is 2.00. The van der Waals surface area contributed by atoms with E-state index < -0.39 is 12.3 Å². The number of amides is 2. The molecule has 0 aliphatic carbocycles. The molecule has 8 heteroatoms. The van der Waals surface area contributed by atoms with Crippen molar-refractivity contribution in [2.24, 2.45) is 0 Å². The first-order valence-electron chi connectivity index (χ1n) is 9.53. The number of benzene rings is 1. The van der Waals surface area contributed by atoms with E-state index in [1.807, 2.05) is 45.9 Å². The Morgan fingerprint density at radius 2 is 2.00 bits per heavy atom. The fraction of sp³-hybridized carbons (Fsp3) is 0.550. The lowest BCUT2D eigenvalue weighted by Gasteiger charge is -2.25. The van der Waals surface area contributed by atoms with Crippen molar-refractivity contribution in [2.45, 2.75) is 65.1 Å². The summed E-state index contributed by atoms with van der Waals surface area (Å²) in [5.74, 6) is 0. The molecule has 1 aliphatic rings. The zero-order chi connectivity index (χ0) is 20.6. The van der Waals surface area contributed by atoms with Gasteiger partial charge in [-0.2, -0.15) is 0 Å². The number of unbranched alkanes of at least 4 members (excludes halogenated alkanes) is 1. The van der Waals surface area contributed by atoms with E-state index in [1.54, 1.807) is 4.90 Å². The molecule has 1 N–H and O–H groups in total. The van der Waals surface area contributed by atoms with E-state index >= 15 is 0 Å². The first kappa shape index (κ1) is 21.0. The largest absolute Gasteiger partial charge is 0.370 e. The lowest BCUT2D eigenvalue weighted by Crippen LogP contribution is -2.35. The fourth-order valence-corrected chi connectivity index (χ4v) is 4.30. The molecule has 3 rings (SSSR count). The van der Waals surface area contributed by atoms with E-state index in [0.717, 1.165) is 29.0 Å².